The van der Waals surface area contributed by atoms with Crippen molar-refractivity contribution >= 4 is 33.7 Å². The van der Waals surface area contributed by atoms with E-state index in [9.17, 15) is 31.2 Å². The number of rotatable bonds is 12. The molecule has 13 nitrogen and oxygen atoms in total. The molecule has 17 heteroatoms. The molecule has 1 atom stereocenters. The second-order valence-corrected chi connectivity index (χ2v) is 12.8. The van der Waals surface area contributed by atoms with Gasteiger partial charge >= 0.3 is 12.2 Å². The van der Waals surface area contributed by atoms with Crippen LogP contribution >= 0.6 is 0 Å². The highest BCUT2D eigenvalue weighted by Crippen LogP contribution is 2.34. The van der Waals surface area contributed by atoms with E-state index in [1.807, 2.05) is 17.4 Å². The van der Waals surface area contributed by atoms with Crippen LogP contribution in [0.15, 0.2) is 30.3 Å². The van der Waals surface area contributed by atoms with E-state index in [0.29, 0.717) is 76.8 Å². The predicted molar refractivity (Wildman–Crippen MR) is 162 cm³/mol. The molecule has 2 aliphatic rings. The number of nitrogens with one attached hydrogen (secondary N) is 3. The lowest BCUT2D eigenvalue weighted by Gasteiger charge is -2.34. The zero-order valence-electron chi connectivity index (χ0n) is 25.1. The van der Waals surface area contributed by atoms with Crippen LogP contribution in [-0.2, 0) is 27.5 Å². The van der Waals surface area contributed by atoms with Gasteiger partial charge in [-0.3, -0.25) is 9.35 Å². The molecule has 4 rings (SSSR count). The first-order chi connectivity index (χ1) is 21.8. The number of carbonyl (C=O) groups is 2. The number of urea groups is 1. The predicted octanol–water partition coefficient (Wildman–Crippen LogP) is 2.84. The van der Waals surface area contributed by atoms with E-state index in [-0.39, 0.29) is 23.5 Å². The van der Waals surface area contributed by atoms with Gasteiger partial charge < -0.3 is 25.8 Å². The van der Waals surface area contributed by atoms with Crippen LogP contribution in [0, 0.1) is 17.2 Å². The molecule has 0 radical (unpaired) electrons. The van der Waals surface area contributed by atoms with Crippen molar-refractivity contribution < 1.29 is 35.7 Å². The standard InChI is InChI=1S/C29H37F3N8O5S/c30-29(31,32)27-37-24(39-15-10-20(11-16-39)3-1-12-35-28(42)36-19-46(43,44)45)17-25(38-27)40-14-2-4-23(40)26(41)34-13-9-21-5-7-22(18-33)8-6-21/h5-8,17,20,23H,1-4,9-16,19H2,(H,34,41)(H2,35,36,42)(H,43,44,45)/t23-/m0/s1. The first-order valence-corrected chi connectivity index (χ1v) is 16.6. The van der Waals surface area contributed by atoms with Crippen LogP contribution < -0.4 is 25.8 Å². The van der Waals surface area contributed by atoms with Crippen molar-refractivity contribution in [2.45, 2.75) is 57.2 Å². The normalized spacial score (nSPS) is 17.4. The molecule has 2 saturated heterocycles. The van der Waals surface area contributed by atoms with Gasteiger partial charge in [0.2, 0.25) is 11.7 Å². The Morgan fingerprint density at radius 3 is 2.35 bits per heavy atom. The van der Waals surface area contributed by atoms with Gasteiger partial charge in [0.05, 0.1) is 11.6 Å². The Morgan fingerprint density at radius 2 is 1.70 bits per heavy atom. The van der Waals surface area contributed by atoms with Crippen LogP contribution in [0.25, 0.3) is 0 Å². The van der Waals surface area contributed by atoms with Crippen LogP contribution in [0.2, 0.25) is 0 Å². The summed E-state index contributed by atoms with van der Waals surface area (Å²) in [5, 5.41) is 16.4. The number of piperidine rings is 1. The number of benzene rings is 1. The van der Waals surface area contributed by atoms with E-state index in [1.54, 1.807) is 21.9 Å². The molecule has 2 aliphatic heterocycles. The van der Waals surface area contributed by atoms with Gasteiger partial charge in [0.15, 0.2) is 0 Å². The third-order valence-corrected chi connectivity index (χ3v) is 8.54. The average Bonchev–Trinajstić information content (AvgIpc) is 3.52. The fraction of sp³-hybridized carbons (Fsp3) is 0.552. The van der Waals surface area contributed by atoms with Crippen molar-refractivity contribution in [2.24, 2.45) is 5.92 Å². The Morgan fingerprint density at radius 1 is 1.00 bits per heavy atom. The van der Waals surface area contributed by atoms with Crippen molar-refractivity contribution in [3.63, 3.8) is 0 Å². The summed E-state index contributed by atoms with van der Waals surface area (Å²) in [4.78, 5) is 35.8. The average molecular weight is 667 g/mol. The van der Waals surface area contributed by atoms with Crippen LogP contribution in [0.1, 0.15) is 55.5 Å². The van der Waals surface area contributed by atoms with Gasteiger partial charge in [-0.1, -0.05) is 12.1 Å². The van der Waals surface area contributed by atoms with Crippen LogP contribution in [0.5, 0.6) is 0 Å². The molecule has 0 aliphatic carbocycles. The minimum atomic E-state index is -4.78. The number of alkyl halides is 3. The van der Waals surface area contributed by atoms with E-state index in [2.05, 4.69) is 26.7 Å². The van der Waals surface area contributed by atoms with Crippen molar-refractivity contribution in [3.8, 4) is 6.07 Å². The first kappa shape index (κ1) is 34.7. The quantitative estimate of drug-likeness (QED) is 0.194. The highest BCUT2D eigenvalue weighted by atomic mass is 32.2. The maximum atomic E-state index is 13.9. The third kappa shape index (κ3) is 10.2. The van der Waals surface area contributed by atoms with E-state index >= 15 is 0 Å². The van der Waals surface area contributed by atoms with E-state index in [1.165, 1.54) is 6.07 Å². The molecule has 4 N–H and O–H groups in total. The molecule has 2 aromatic rings. The van der Waals surface area contributed by atoms with E-state index in [4.69, 9.17) is 9.81 Å². The number of nitrogens with zero attached hydrogens (tertiary/aromatic N) is 5. The summed E-state index contributed by atoms with van der Waals surface area (Å²) in [6.07, 6.45) is -0.367. The van der Waals surface area contributed by atoms with Crippen LogP contribution in [0.3, 0.4) is 0 Å². The van der Waals surface area contributed by atoms with Crippen molar-refractivity contribution in [1.82, 2.24) is 25.9 Å². The number of nitriles is 1. The van der Waals surface area contributed by atoms with Crippen molar-refractivity contribution in [2.75, 3.05) is 48.4 Å². The van der Waals surface area contributed by atoms with Crippen molar-refractivity contribution in [3.05, 3.63) is 47.3 Å². The van der Waals surface area contributed by atoms with E-state index in [0.717, 1.165) is 12.0 Å². The number of hydrogen-bond acceptors (Lipinski definition) is 9. The van der Waals surface area contributed by atoms with Crippen molar-refractivity contribution in [1.29, 1.82) is 5.26 Å². The summed E-state index contributed by atoms with van der Waals surface area (Å²) in [6, 6.07) is 9.22. The largest absolute Gasteiger partial charge is 0.451 e. The lowest BCUT2D eigenvalue weighted by molar-refractivity contribution is -0.144. The summed E-state index contributed by atoms with van der Waals surface area (Å²) < 4.78 is 71.8. The highest BCUT2D eigenvalue weighted by Gasteiger charge is 2.39. The minimum absolute atomic E-state index is 0.0579. The van der Waals surface area contributed by atoms with Gasteiger partial charge in [-0.15, -0.1) is 0 Å². The van der Waals surface area contributed by atoms with Gasteiger partial charge in [0.1, 0.15) is 23.6 Å². The Balaban J connectivity index is 1.32. The Hall–Kier alpha value is -4.17. The topological polar surface area (TPSA) is 181 Å². The van der Waals surface area contributed by atoms with Gasteiger partial charge in [0.25, 0.3) is 10.1 Å². The zero-order valence-corrected chi connectivity index (χ0v) is 25.9. The molecule has 0 unspecified atom stereocenters. The Bertz CT molecular complexity index is 1510. The summed E-state index contributed by atoms with van der Waals surface area (Å²) in [6.45, 7) is 1.96. The zero-order chi connectivity index (χ0) is 33.3. The van der Waals surface area contributed by atoms with Gasteiger partial charge in [-0.25, -0.2) is 14.8 Å². The summed E-state index contributed by atoms with van der Waals surface area (Å²) in [5.74, 6) is -1.94. The molecular formula is C29H37F3N8O5S. The van der Waals surface area contributed by atoms with Gasteiger partial charge in [-0.05, 0) is 68.6 Å². The Labute approximate surface area is 265 Å². The molecule has 250 valence electrons. The molecule has 3 heterocycles. The smallest absolute Gasteiger partial charge is 0.356 e. The number of hydrogen-bond donors (Lipinski definition) is 4. The molecule has 46 heavy (non-hydrogen) atoms. The highest BCUT2D eigenvalue weighted by molar-refractivity contribution is 7.85. The summed E-state index contributed by atoms with van der Waals surface area (Å²) in [5.41, 5.74) is 1.48. The maximum absolute atomic E-state index is 13.9. The first-order valence-electron chi connectivity index (χ1n) is 15.0. The second-order valence-electron chi connectivity index (χ2n) is 11.3. The number of amides is 3. The fourth-order valence-corrected chi connectivity index (χ4v) is 5.94. The van der Waals surface area contributed by atoms with Crippen LogP contribution in [-0.4, -0.2) is 79.5 Å². The number of aromatic nitrogens is 2. The number of halogens is 3. The lowest BCUT2D eigenvalue weighted by Crippen LogP contribution is -2.44. The molecule has 3 amide bonds. The molecule has 1 aromatic heterocycles. The second kappa shape index (κ2) is 15.4. The maximum Gasteiger partial charge on any atom is 0.451 e. The minimum Gasteiger partial charge on any atom is -0.356 e. The molecular weight excluding hydrogens is 629 g/mol. The lowest BCUT2D eigenvalue weighted by atomic mass is 9.92. The Kier molecular flexibility index (Phi) is 11.6. The summed E-state index contributed by atoms with van der Waals surface area (Å²) >= 11 is 0. The fourth-order valence-electron chi connectivity index (χ4n) is 5.63. The molecule has 2 fully saturated rings. The van der Waals surface area contributed by atoms with Gasteiger partial charge in [0, 0.05) is 38.8 Å². The number of anilines is 2. The molecule has 0 bridgehead atoms. The van der Waals surface area contributed by atoms with Crippen LogP contribution in [0.4, 0.5) is 29.6 Å². The summed E-state index contributed by atoms with van der Waals surface area (Å²) in [7, 11) is -4.31. The molecule has 0 saturated carbocycles. The third-order valence-electron chi connectivity index (χ3n) is 8.03. The number of carbonyl (C=O) groups excluding carboxylic acids is 2. The SMILES string of the molecule is N#Cc1ccc(CCNC(=O)[C@@H]2CCCN2c2cc(N3CCC(CCCNC(=O)NCS(=O)(=O)O)CC3)nc(C(F)(F)F)n2)cc1. The molecule has 1 aromatic carbocycles. The van der Waals surface area contributed by atoms with Gasteiger partial charge in [-0.2, -0.15) is 26.9 Å². The van der Waals surface area contributed by atoms with E-state index < -0.39 is 40.1 Å². The molecule has 0 spiro atoms. The monoisotopic (exact) mass is 666 g/mol.